The van der Waals surface area contributed by atoms with Gasteiger partial charge in [0.1, 0.15) is 5.75 Å². The van der Waals surface area contributed by atoms with Crippen molar-refractivity contribution < 1.29 is 56.6 Å². The molecule has 0 atom stereocenters. The molecule has 0 fully saturated rings. The molecule has 0 aliphatic rings. The van der Waals surface area contributed by atoms with Crippen molar-refractivity contribution in [2.45, 2.75) is 14.7 Å². The van der Waals surface area contributed by atoms with Gasteiger partial charge in [0.05, 0.1) is 32.7 Å². The summed E-state index contributed by atoms with van der Waals surface area (Å²) in [7, 11) is -17.3. The lowest BCUT2D eigenvalue weighted by Crippen LogP contribution is -2.17. The van der Waals surface area contributed by atoms with Crippen molar-refractivity contribution in [1.82, 2.24) is 15.0 Å². The number of fused-ring (bicyclic) bond motifs is 1. The Labute approximate surface area is 260 Å². The van der Waals surface area contributed by atoms with Gasteiger partial charge in [-0.25, -0.2) is 12.6 Å². The molecule has 0 bridgehead atoms. The predicted octanol–water partition coefficient (Wildman–Crippen LogP) is 1.98. The number of phenols is 1. The highest BCUT2D eigenvalue weighted by atomic mass is 35.5. The van der Waals surface area contributed by atoms with Crippen LogP contribution < -0.4 is 10.2 Å². The van der Waals surface area contributed by atoms with Crippen molar-refractivity contribution in [1.29, 1.82) is 0 Å². The van der Waals surface area contributed by atoms with Crippen LogP contribution in [0.4, 0.5) is 23.3 Å². The van der Waals surface area contributed by atoms with Crippen LogP contribution in [0.5, 0.6) is 5.75 Å². The first kappa shape index (κ1) is 34.1. The largest absolute Gasteiger partial charge is 0.507 e. The Morgan fingerprint density at radius 2 is 1.47 bits per heavy atom. The predicted molar refractivity (Wildman–Crippen MR) is 157 cm³/mol. The van der Waals surface area contributed by atoms with Crippen LogP contribution >= 0.6 is 11.6 Å². The number of hydrogen-bond donors (Lipinski definition) is 5. The topological polar surface area (TPSA) is 281 Å². The molecule has 3 aromatic carbocycles. The summed E-state index contributed by atoms with van der Waals surface area (Å²) < 4.78 is 126. The van der Waals surface area contributed by atoms with Crippen molar-refractivity contribution in [3.05, 3.63) is 53.8 Å². The molecule has 4 aromatic rings. The molecule has 0 unspecified atom stereocenters. The summed E-state index contributed by atoms with van der Waals surface area (Å²) in [6, 6.07) is 8.52. The molecule has 23 heteroatoms. The van der Waals surface area contributed by atoms with Crippen LogP contribution in [0.1, 0.15) is 0 Å². The zero-order valence-corrected chi connectivity index (χ0v) is 26.3. The van der Waals surface area contributed by atoms with Gasteiger partial charge in [-0.15, -0.1) is 0 Å². The molecule has 0 saturated heterocycles. The molecule has 0 aliphatic heterocycles. The van der Waals surface area contributed by atoms with E-state index in [9.17, 15) is 47.9 Å². The maximum absolute atomic E-state index is 12.7. The van der Waals surface area contributed by atoms with E-state index in [1.807, 2.05) is 0 Å². The molecule has 0 spiro atoms. The van der Waals surface area contributed by atoms with Crippen molar-refractivity contribution >= 4 is 86.1 Å². The van der Waals surface area contributed by atoms with Gasteiger partial charge in [-0.05, 0) is 53.4 Å². The molecule has 0 aliphatic carbocycles. The number of nitrogens with zero attached hydrogens (tertiary/aromatic N) is 4. The monoisotopic (exact) mass is 725 g/mol. The molecular weight excluding hydrogens is 706 g/mol. The average molecular weight is 726 g/mol. The van der Waals surface area contributed by atoms with Crippen molar-refractivity contribution in [3.8, 4) is 5.75 Å². The Morgan fingerprint density at radius 3 is 2.07 bits per heavy atom. The summed E-state index contributed by atoms with van der Waals surface area (Å²) in [4.78, 5) is 11.6. The lowest BCUT2D eigenvalue weighted by molar-refractivity contribution is 0.284. The second kappa shape index (κ2) is 12.2. The second-order valence-electron chi connectivity index (χ2n) is 8.94. The van der Waals surface area contributed by atoms with E-state index < -0.39 is 73.7 Å². The van der Waals surface area contributed by atoms with Gasteiger partial charge in [-0.3, -0.25) is 13.7 Å². The van der Waals surface area contributed by atoms with E-state index >= 15 is 0 Å². The number of nitrogens with one attached hydrogen (secondary N) is 1. The van der Waals surface area contributed by atoms with E-state index in [2.05, 4.69) is 24.5 Å². The van der Waals surface area contributed by atoms with Crippen LogP contribution in [-0.2, 0) is 44.7 Å². The van der Waals surface area contributed by atoms with E-state index in [1.54, 1.807) is 0 Å². The lowest BCUT2D eigenvalue weighted by atomic mass is 10.1. The van der Waals surface area contributed by atoms with Gasteiger partial charge in [0.2, 0.25) is 17.2 Å². The number of benzene rings is 3. The molecule has 1 heterocycles. The Kier molecular flexibility index (Phi) is 9.27. The minimum atomic E-state index is -4.89. The number of phenolic OH excluding ortho intramolecular Hbond substituents is 1. The van der Waals surface area contributed by atoms with Crippen LogP contribution in [0.3, 0.4) is 0 Å². The standard InChI is InChI=1S/C22H20ClN5O13S4/c1-28(13-3-2-4-14(9-13)42(30,31)6-5-41-45(38,39)40)22-26-20(23)25-21(27-22)24-17-10-15(43(32,33)34)7-12-8-16(44(35,36)37)11-18(29)19(12)17/h2-4,7-11,29H,5-6H2,1H3,(H,32,33,34)(H,35,36,37)(H,38,39,40)(H,24,25,26,27). The summed E-state index contributed by atoms with van der Waals surface area (Å²) in [5.41, 5.74) is -0.0650. The molecular formula is C22H20ClN5O13S4. The smallest absolute Gasteiger partial charge is 0.397 e. The normalized spacial score (nSPS) is 12.7. The fourth-order valence-corrected chi connectivity index (χ4v) is 6.63. The molecule has 0 saturated carbocycles. The van der Waals surface area contributed by atoms with Gasteiger partial charge in [0.25, 0.3) is 20.2 Å². The third-order valence-electron chi connectivity index (χ3n) is 5.86. The van der Waals surface area contributed by atoms with Crippen LogP contribution in [-0.4, -0.2) is 86.8 Å². The van der Waals surface area contributed by atoms with Gasteiger partial charge >= 0.3 is 10.4 Å². The number of halogens is 1. The van der Waals surface area contributed by atoms with Crippen molar-refractivity contribution in [3.63, 3.8) is 0 Å². The minimum absolute atomic E-state index is 0.169. The zero-order chi connectivity index (χ0) is 33.5. The van der Waals surface area contributed by atoms with Crippen molar-refractivity contribution in [2.75, 3.05) is 29.6 Å². The molecule has 5 N–H and O–H groups in total. The van der Waals surface area contributed by atoms with Gasteiger partial charge in [0, 0.05) is 24.2 Å². The Balaban J connectivity index is 1.74. The highest BCUT2D eigenvalue weighted by molar-refractivity contribution is 7.91. The first-order valence-electron chi connectivity index (χ1n) is 11.8. The van der Waals surface area contributed by atoms with E-state index in [0.29, 0.717) is 6.07 Å². The SMILES string of the molecule is CN(c1cccc(S(=O)(=O)CCOS(=O)(=O)O)c1)c1nc(Cl)nc(Nc2cc(S(=O)(=O)O)cc3cc(S(=O)(=O)O)cc(O)c23)n1. The Bertz CT molecular complexity index is 2260. The van der Waals surface area contributed by atoms with Gasteiger partial charge < -0.3 is 15.3 Å². The molecule has 18 nitrogen and oxygen atoms in total. The molecule has 0 amide bonds. The third-order valence-corrected chi connectivity index (χ3v) is 9.83. The van der Waals surface area contributed by atoms with Gasteiger partial charge in [-0.2, -0.15) is 40.2 Å². The number of rotatable bonds is 11. The number of aromatic nitrogens is 3. The van der Waals surface area contributed by atoms with Crippen LogP contribution in [0.15, 0.2) is 63.2 Å². The molecule has 242 valence electrons. The first-order chi connectivity index (χ1) is 20.6. The maximum Gasteiger partial charge on any atom is 0.397 e. The fraction of sp³-hybridized carbons (Fsp3) is 0.136. The van der Waals surface area contributed by atoms with Crippen molar-refractivity contribution in [2.24, 2.45) is 0 Å². The van der Waals surface area contributed by atoms with E-state index in [1.165, 1.54) is 36.2 Å². The minimum Gasteiger partial charge on any atom is -0.507 e. The third kappa shape index (κ3) is 8.30. The number of aromatic hydroxyl groups is 1. The van der Waals surface area contributed by atoms with Gasteiger partial charge in [-0.1, -0.05) is 6.07 Å². The van der Waals surface area contributed by atoms with E-state index in [4.69, 9.17) is 16.2 Å². The number of sulfone groups is 1. The van der Waals surface area contributed by atoms with Gasteiger partial charge in [0.15, 0.2) is 9.84 Å². The van der Waals surface area contributed by atoms with E-state index in [0.717, 1.165) is 18.2 Å². The second-order valence-corrected chi connectivity index (χ2v) is 15.3. The quantitative estimate of drug-likeness (QED) is 0.138. The molecule has 45 heavy (non-hydrogen) atoms. The lowest BCUT2D eigenvalue weighted by Gasteiger charge is -2.19. The average Bonchev–Trinajstić information content (AvgIpc) is 2.90. The van der Waals surface area contributed by atoms with Crippen LogP contribution in [0.25, 0.3) is 10.8 Å². The number of hydrogen-bond acceptors (Lipinski definition) is 15. The highest BCUT2D eigenvalue weighted by Gasteiger charge is 2.22. The summed E-state index contributed by atoms with van der Waals surface area (Å²) in [5, 5.41) is 12.4. The first-order valence-corrected chi connectivity index (χ1v) is 18.0. The molecule has 4 rings (SSSR count). The van der Waals surface area contributed by atoms with E-state index in [-0.39, 0.29) is 38.9 Å². The molecule has 1 aromatic heterocycles. The summed E-state index contributed by atoms with van der Waals surface area (Å²) in [6.07, 6.45) is 0. The fourth-order valence-electron chi connectivity index (χ4n) is 3.87. The summed E-state index contributed by atoms with van der Waals surface area (Å²) in [5.74, 6) is -2.05. The molecule has 0 radical (unpaired) electrons. The summed E-state index contributed by atoms with van der Waals surface area (Å²) in [6.45, 7) is -0.848. The van der Waals surface area contributed by atoms with Crippen LogP contribution in [0.2, 0.25) is 5.28 Å². The summed E-state index contributed by atoms with van der Waals surface area (Å²) >= 11 is 6.08. The highest BCUT2D eigenvalue weighted by Crippen LogP contribution is 2.38. The number of anilines is 4. The maximum atomic E-state index is 12.7. The van der Waals surface area contributed by atoms with Crippen LogP contribution in [0, 0.1) is 0 Å². The Morgan fingerprint density at radius 1 is 0.844 bits per heavy atom. The zero-order valence-electron chi connectivity index (χ0n) is 22.3. The Hall–Kier alpha value is -3.74.